The molecular formula is C24H27N5O5. The van der Waals surface area contributed by atoms with Gasteiger partial charge in [-0.2, -0.15) is 4.98 Å². The monoisotopic (exact) mass is 465 g/mol. The quantitative estimate of drug-likeness (QED) is 0.555. The summed E-state index contributed by atoms with van der Waals surface area (Å²) >= 11 is 0. The fraction of sp³-hybridized carbons (Fsp3) is 0.375. The molecule has 2 aromatic heterocycles. The molecular weight excluding hydrogens is 438 g/mol. The summed E-state index contributed by atoms with van der Waals surface area (Å²) in [5, 5.41) is 7.53. The largest absolute Gasteiger partial charge is 0.483 e. The Bertz CT molecular complexity index is 1330. The standard InChI is InChI=1S/C23H25N5O3.CH2O2/c1-26(2)13-19-15-10-14(18-8-5-9-20(29)28(18)19)11-27(12-15)22(30)21-16-6-3-4-7-17(16)24-23(31)25-21;2-1-3/h3-9,14-15,19H,10-13H2,1-2H3,(H,24,25,31);1H,(H,2,3)/t14-,15+,19+;/m1./s1. The molecule has 0 aliphatic carbocycles. The van der Waals surface area contributed by atoms with Gasteiger partial charge in [-0.1, -0.05) is 24.3 Å². The van der Waals surface area contributed by atoms with Gasteiger partial charge in [-0.05, 0) is 38.6 Å². The van der Waals surface area contributed by atoms with E-state index < -0.39 is 5.69 Å². The topological polar surface area (TPSA) is 129 Å². The zero-order chi connectivity index (χ0) is 24.4. The molecule has 1 fully saturated rings. The van der Waals surface area contributed by atoms with Crippen molar-refractivity contribution in [2.75, 3.05) is 33.7 Å². The van der Waals surface area contributed by atoms with E-state index >= 15 is 0 Å². The molecule has 3 atom stereocenters. The third-order valence-electron chi connectivity index (χ3n) is 6.48. The summed E-state index contributed by atoms with van der Waals surface area (Å²) in [6.07, 6.45) is 0.940. The van der Waals surface area contributed by atoms with Gasteiger partial charge in [0.25, 0.3) is 17.9 Å². The summed E-state index contributed by atoms with van der Waals surface area (Å²) in [6.45, 7) is 1.52. The highest BCUT2D eigenvalue weighted by atomic mass is 16.3. The van der Waals surface area contributed by atoms with Crippen molar-refractivity contribution in [1.82, 2.24) is 24.3 Å². The number of fused-ring (bicyclic) bond motifs is 5. The number of carboxylic acid groups (broad SMARTS) is 1. The third kappa shape index (κ3) is 4.36. The molecule has 10 heteroatoms. The summed E-state index contributed by atoms with van der Waals surface area (Å²) in [5.74, 6) is 0.0153. The van der Waals surface area contributed by atoms with Crippen LogP contribution in [0.25, 0.3) is 10.9 Å². The molecule has 2 bridgehead atoms. The average Bonchev–Trinajstić information content (AvgIpc) is 2.81. The molecule has 2 N–H and O–H groups in total. The first-order valence-electron chi connectivity index (χ1n) is 11.1. The molecule has 3 aromatic rings. The van der Waals surface area contributed by atoms with Crippen molar-refractivity contribution in [2.45, 2.75) is 18.4 Å². The van der Waals surface area contributed by atoms with E-state index in [0.717, 1.165) is 18.7 Å². The van der Waals surface area contributed by atoms with Crippen molar-refractivity contribution in [3.05, 3.63) is 74.7 Å². The van der Waals surface area contributed by atoms with Crippen LogP contribution in [0.2, 0.25) is 0 Å². The number of carbonyl (C=O) groups excluding carboxylic acids is 1. The van der Waals surface area contributed by atoms with Crippen LogP contribution in [-0.2, 0) is 4.79 Å². The van der Waals surface area contributed by atoms with Gasteiger partial charge >= 0.3 is 5.69 Å². The Kier molecular flexibility index (Phi) is 6.60. The first-order chi connectivity index (χ1) is 16.3. The number of hydrogen-bond donors (Lipinski definition) is 2. The number of para-hydroxylation sites is 1. The van der Waals surface area contributed by atoms with E-state index in [4.69, 9.17) is 9.90 Å². The van der Waals surface area contributed by atoms with Crippen LogP contribution in [0.4, 0.5) is 0 Å². The highest BCUT2D eigenvalue weighted by molar-refractivity contribution is 6.04. The average molecular weight is 466 g/mol. The second-order valence-corrected chi connectivity index (χ2v) is 8.93. The second-order valence-electron chi connectivity index (χ2n) is 8.93. The second kappa shape index (κ2) is 9.60. The zero-order valence-corrected chi connectivity index (χ0v) is 19.0. The lowest BCUT2D eigenvalue weighted by Gasteiger charge is -2.47. The number of H-pyrrole nitrogens is 1. The first-order valence-corrected chi connectivity index (χ1v) is 11.1. The van der Waals surface area contributed by atoms with Crippen LogP contribution < -0.4 is 11.2 Å². The molecule has 5 rings (SSSR count). The molecule has 0 spiro atoms. The van der Waals surface area contributed by atoms with Crippen molar-refractivity contribution in [2.24, 2.45) is 5.92 Å². The van der Waals surface area contributed by atoms with Gasteiger partial charge in [-0.25, -0.2) is 4.79 Å². The molecule has 178 valence electrons. The van der Waals surface area contributed by atoms with Crippen LogP contribution in [0.3, 0.4) is 0 Å². The van der Waals surface area contributed by atoms with Gasteiger partial charge in [0, 0.05) is 42.7 Å². The van der Waals surface area contributed by atoms with Gasteiger partial charge in [0.2, 0.25) is 0 Å². The molecule has 1 saturated heterocycles. The van der Waals surface area contributed by atoms with Gasteiger partial charge in [0.05, 0.1) is 11.6 Å². The van der Waals surface area contributed by atoms with Crippen LogP contribution in [0.1, 0.15) is 34.6 Å². The van der Waals surface area contributed by atoms with Crippen LogP contribution in [0.5, 0.6) is 0 Å². The number of carbonyl (C=O) groups is 2. The fourth-order valence-corrected chi connectivity index (χ4v) is 5.23. The van der Waals surface area contributed by atoms with Crippen molar-refractivity contribution in [3.8, 4) is 0 Å². The third-order valence-corrected chi connectivity index (χ3v) is 6.48. The number of likely N-dealkylation sites (tertiary alicyclic amines) is 1. The summed E-state index contributed by atoms with van der Waals surface area (Å²) in [4.78, 5) is 57.3. The lowest BCUT2D eigenvalue weighted by atomic mass is 9.78. The predicted molar refractivity (Wildman–Crippen MR) is 126 cm³/mol. The summed E-state index contributed by atoms with van der Waals surface area (Å²) < 4.78 is 1.93. The van der Waals surface area contributed by atoms with Crippen molar-refractivity contribution in [3.63, 3.8) is 0 Å². The summed E-state index contributed by atoms with van der Waals surface area (Å²) in [5.41, 5.74) is 1.26. The van der Waals surface area contributed by atoms with Gasteiger partial charge in [-0.15, -0.1) is 0 Å². The Balaban J connectivity index is 0.000000868. The fourth-order valence-electron chi connectivity index (χ4n) is 5.23. The molecule has 0 unspecified atom stereocenters. The van der Waals surface area contributed by atoms with E-state index in [1.807, 2.05) is 41.8 Å². The highest BCUT2D eigenvalue weighted by Gasteiger charge is 2.42. The number of aromatic amines is 1. The van der Waals surface area contributed by atoms with Gasteiger partial charge in [0.15, 0.2) is 0 Å². The minimum absolute atomic E-state index is 0.00516. The maximum Gasteiger partial charge on any atom is 0.346 e. The Morgan fingerprint density at radius 2 is 1.91 bits per heavy atom. The van der Waals surface area contributed by atoms with E-state index in [-0.39, 0.29) is 41.5 Å². The molecule has 1 aromatic carbocycles. The Hall–Kier alpha value is -3.79. The van der Waals surface area contributed by atoms with Crippen molar-refractivity contribution < 1.29 is 14.7 Å². The molecule has 0 saturated carbocycles. The number of nitrogens with zero attached hydrogens (tertiary/aromatic N) is 4. The molecule has 34 heavy (non-hydrogen) atoms. The van der Waals surface area contributed by atoms with E-state index in [9.17, 15) is 14.4 Å². The highest BCUT2D eigenvalue weighted by Crippen LogP contribution is 2.41. The summed E-state index contributed by atoms with van der Waals surface area (Å²) in [7, 11) is 4.00. The molecule has 10 nitrogen and oxygen atoms in total. The molecule has 4 heterocycles. The van der Waals surface area contributed by atoms with Crippen molar-refractivity contribution >= 4 is 23.3 Å². The van der Waals surface area contributed by atoms with Gasteiger partial charge in [0.1, 0.15) is 5.69 Å². The Morgan fingerprint density at radius 1 is 1.18 bits per heavy atom. The van der Waals surface area contributed by atoms with Crippen molar-refractivity contribution in [1.29, 1.82) is 0 Å². The van der Waals surface area contributed by atoms with Crippen LogP contribution in [-0.4, -0.2) is 75.6 Å². The van der Waals surface area contributed by atoms with Crippen LogP contribution in [0.15, 0.2) is 52.1 Å². The van der Waals surface area contributed by atoms with Gasteiger partial charge in [-0.3, -0.25) is 14.4 Å². The van der Waals surface area contributed by atoms with Crippen LogP contribution in [0, 0.1) is 5.92 Å². The zero-order valence-electron chi connectivity index (χ0n) is 19.0. The molecule has 0 radical (unpaired) electrons. The lowest BCUT2D eigenvalue weighted by molar-refractivity contribution is -0.122. The maximum absolute atomic E-state index is 13.5. The van der Waals surface area contributed by atoms with Crippen LogP contribution >= 0.6 is 0 Å². The normalized spacial score (nSPS) is 20.9. The summed E-state index contributed by atoms with van der Waals surface area (Å²) in [6, 6.07) is 12.6. The maximum atomic E-state index is 13.5. The number of rotatable bonds is 3. The minimum Gasteiger partial charge on any atom is -0.483 e. The van der Waals surface area contributed by atoms with E-state index in [0.29, 0.717) is 24.0 Å². The van der Waals surface area contributed by atoms with Gasteiger partial charge < -0.3 is 24.5 Å². The predicted octanol–water partition coefficient (Wildman–Crippen LogP) is 1.15. The smallest absolute Gasteiger partial charge is 0.346 e. The van der Waals surface area contributed by atoms with E-state index in [1.54, 1.807) is 24.3 Å². The molecule has 2 aliphatic heterocycles. The number of amides is 1. The Labute approximate surface area is 195 Å². The molecule has 2 aliphatic rings. The number of hydrogen-bond acceptors (Lipinski definition) is 6. The number of nitrogens with one attached hydrogen (secondary N) is 1. The lowest BCUT2D eigenvalue weighted by Crippen LogP contribution is -2.53. The minimum atomic E-state index is -0.526. The number of pyridine rings is 1. The Morgan fingerprint density at radius 3 is 2.65 bits per heavy atom. The SMILES string of the molecule is CN(C)C[C@H]1[C@H]2C[C@H](CN(C(=O)c3nc(=O)[nH]c4ccccc34)C2)c2cccc(=O)n21.O=CO. The first kappa shape index (κ1) is 23.4. The van der Waals surface area contributed by atoms with E-state index in [1.165, 1.54) is 0 Å². The number of likely N-dealkylation sites (N-methyl/N-ethyl adjacent to an activating group) is 1. The van der Waals surface area contributed by atoms with E-state index in [2.05, 4.69) is 14.9 Å². The number of benzene rings is 1. The number of piperidine rings is 1. The number of aromatic nitrogens is 3. The molecule has 1 amide bonds.